The third kappa shape index (κ3) is 5.02. The highest BCUT2D eigenvalue weighted by Crippen LogP contribution is 2.32. The van der Waals surface area contributed by atoms with Gasteiger partial charge in [-0.15, -0.1) is 0 Å². The molecular weight excluding hydrogens is 510 g/mol. The first kappa shape index (κ1) is 26.8. The summed E-state index contributed by atoms with van der Waals surface area (Å²) in [6.45, 7) is 11.6. The highest BCUT2D eigenvalue weighted by Gasteiger charge is 2.23. The standard InChI is InChI=1S/C17H19N3O.C14H15ClN2O/c1-11(2)6-13-7-12(10-18)8-14-9-15-17(21)19-4-3-5-20(15)16(13)14;1-8-6-10(15)7-11-9(2)13-14(18)16-4-3-5-17(13)12(8)11/h7-9,11H,3-6H2,1-2H3,(H,19,21);6-7H,3-5H2,1-2H3,(H,16,18). The summed E-state index contributed by atoms with van der Waals surface area (Å²) in [5, 5.41) is 17.9. The summed E-state index contributed by atoms with van der Waals surface area (Å²) in [6, 6.07) is 11.9. The molecule has 0 saturated heterocycles. The topological polar surface area (TPSA) is 91.8 Å². The minimum atomic E-state index is -0.0160. The van der Waals surface area contributed by atoms with Gasteiger partial charge in [0.1, 0.15) is 11.4 Å². The van der Waals surface area contributed by atoms with Crippen molar-refractivity contribution in [3.05, 3.63) is 69.0 Å². The number of carbonyl (C=O) groups is 2. The van der Waals surface area contributed by atoms with Crippen LogP contribution in [0.25, 0.3) is 21.8 Å². The fourth-order valence-corrected chi connectivity index (χ4v) is 6.25. The van der Waals surface area contributed by atoms with Crippen molar-refractivity contribution < 1.29 is 9.59 Å². The average Bonchev–Trinajstić information content (AvgIpc) is 3.23. The minimum absolute atomic E-state index is 0.0160. The van der Waals surface area contributed by atoms with Crippen LogP contribution < -0.4 is 10.6 Å². The zero-order chi connectivity index (χ0) is 27.8. The maximum absolute atomic E-state index is 12.2. The van der Waals surface area contributed by atoms with E-state index >= 15 is 0 Å². The van der Waals surface area contributed by atoms with E-state index in [-0.39, 0.29) is 11.8 Å². The van der Waals surface area contributed by atoms with Crippen LogP contribution in [0.3, 0.4) is 0 Å². The van der Waals surface area contributed by atoms with Crippen LogP contribution in [0.5, 0.6) is 0 Å². The summed E-state index contributed by atoms with van der Waals surface area (Å²) in [5.74, 6) is 0.516. The van der Waals surface area contributed by atoms with Gasteiger partial charge in [-0.3, -0.25) is 9.59 Å². The van der Waals surface area contributed by atoms with Crippen LogP contribution >= 0.6 is 11.6 Å². The molecule has 4 aromatic rings. The van der Waals surface area contributed by atoms with Gasteiger partial charge in [-0.2, -0.15) is 5.26 Å². The number of aromatic nitrogens is 2. The Morgan fingerprint density at radius 3 is 2.33 bits per heavy atom. The molecule has 2 aromatic carbocycles. The molecule has 0 aliphatic carbocycles. The summed E-state index contributed by atoms with van der Waals surface area (Å²) >= 11 is 6.12. The van der Waals surface area contributed by atoms with Gasteiger partial charge in [-0.1, -0.05) is 25.4 Å². The summed E-state index contributed by atoms with van der Waals surface area (Å²) in [6.07, 6.45) is 2.81. The second-order valence-electron chi connectivity index (χ2n) is 10.9. The molecule has 6 rings (SSSR count). The van der Waals surface area contributed by atoms with Gasteiger partial charge in [0, 0.05) is 42.0 Å². The number of halogens is 1. The summed E-state index contributed by atoms with van der Waals surface area (Å²) in [4.78, 5) is 24.3. The van der Waals surface area contributed by atoms with Crippen molar-refractivity contribution in [1.82, 2.24) is 19.8 Å². The largest absolute Gasteiger partial charge is 0.351 e. The number of nitrogens with one attached hydrogen (secondary N) is 2. The molecule has 0 saturated carbocycles. The molecule has 2 aromatic heterocycles. The Kier molecular flexibility index (Phi) is 7.42. The fourth-order valence-electron chi connectivity index (χ4n) is 5.97. The zero-order valence-corrected chi connectivity index (χ0v) is 23.7. The Balaban J connectivity index is 0.000000160. The lowest BCUT2D eigenvalue weighted by molar-refractivity contribution is 0.0943. The molecule has 2 aliphatic heterocycles. The first-order valence-electron chi connectivity index (χ1n) is 13.6. The highest BCUT2D eigenvalue weighted by molar-refractivity contribution is 6.31. The van der Waals surface area contributed by atoms with E-state index in [2.05, 4.69) is 39.7 Å². The maximum atomic E-state index is 12.2. The maximum Gasteiger partial charge on any atom is 0.268 e. The van der Waals surface area contributed by atoms with E-state index in [0.29, 0.717) is 17.2 Å². The second kappa shape index (κ2) is 10.8. The second-order valence-corrected chi connectivity index (χ2v) is 11.4. The number of fused-ring (bicyclic) bond motifs is 6. The molecule has 2 N–H and O–H groups in total. The molecule has 0 bridgehead atoms. The van der Waals surface area contributed by atoms with Crippen LogP contribution in [-0.4, -0.2) is 34.0 Å². The van der Waals surface area contributed by atoms with Crippen LogP contribution in [0.15, 0.2) is 30.3 Å². The van der Waals surface area contributed by atoms with Crippen molar-refractivity contribution in [2.75, 3.05) is 13.1 Å². The molecule has 0 spiro atoms. The molecule has 7 nitrogen and oxygen atoms in total. The van der Waals surface area contributed by atoms with Gasteiger partial charge in [-0.25, -0.2) is 0 Å². The number of nitrogens with zero attached hydrogens (tertiary/aromatic N) is 3. The Hall–Kier alpha value is -3.76. The Bertz CT molecular complexity index is 1650. The Morgan fingerprint density at radius 1 is 0.949 bits per heavy atom. The molecule has 4 heterocycles. The van der Waals surface area contributed by atoms with E-state index < -0.39 is 0 Å². The monoisotopic (exact) mass is 543 g/mol. The number of carbonyl (C=O) groups excluding carboxylic acids is 2. The molecule has 202 valence electrons. The smallest absolute Gasteiger partial charge is 0.268 e. The third-order valence-electron chi connectivity index (χ3n) is 7.53. The van der Waals surface area contributed by atoms with Crippen molar-refractivity contribution in [3.8, 4) is 6.07 Å². The molecular formula is C31H34ClN5O2. The Morgan fingerprint density at radius 2 is 1.64 bits per heavy atom. The molecule has 8 heteroatoms. The van der Waals surface area contributed by atoms with Gasteiger partial charge >= 0.3 is 0 Å². The number of rotatable bonds is 2. The predicted molar refractivity (Wildman–Crippen MR) is 156 cm³/mol. The normalized spacial score (nSPS) is 15.0. The van der Waals surface area contributed by atoms with E-state index in [4.69, 9.17) is 11.6 Å². The number of benzene rings is 2. The molecule has 0 atom stereocenters. The van der Waals surface area contributed by atoms with Crippen molar-refractivity contribution in [2.45, 2.75) is 60.0 Å². The lowest BCUT2D eigenvalue weighted by atomic mass is 9.98. The molecule has 2 amide bonds. The average molecular weight is 544 g/mol. The van der Waals surface area contributed by atoms with Crippen molar-refractivity contribution >= 4 is 45.2 Å². The quantitative estimate of drug-likeness (QED) is 0.330. The van der Waals surface area contributed by atoms with E-state index in [1.165, 1.54) is 5.56 Å². The molecule has 2 aliphatic rings. The predicted octanol–water partition coefficient (Wildman–Crippen LogP) is 5.89. The number of hydrogen-bond donors (Lipinski definition) is 2. The van der Waals surface area contributed by atoms with E-state index in [9.17, 15) is 14.9 Å². The fraction of sp³-hybridized carbons (Fsp3) is 0.387. The molecule has 0 radical (unpaired) electrons. The van der Waals surface area contributed by atoms with Crippen LogP contribution in [0, 0.1) is 31.1 Å². The van der Waals surface area contributed by atoms with Gasteiger partial charge in [0.15, 0.2) is 0 Å². The van der Waals surface area contributed by atoms with Gasteiger partial charge in [-0.05, 0) is 86.1 Å². The zero-order valence-electron chi connectivity index (χ0n) is 22.9. The van der Waals surface area contributed by atoms with Gasteiger partial charge in [0.05, 0.1) is 22.7 Å². The lowest BCUT2D eigenvalue weighted by Gasteiger charge is -2.12. The third-order valence-corrected chi connectivity index (χ3v) is 7.75. The van der Waals surface area contributed by atoms with Gasteiger partial charge in [0.2, 0.25) is 0 Å². The number of hydrogen-bond acceptors (Lipinski definition) is 3. The van der Waals surface area contributed by atoms with E-state index in [1.807, 2.05) is 44.2 Å². The number of nitriles is 1. The Labute approximate surface area is 233 Å². The SMILES string of the molecule is CC(C)Cc1cc(C#N)cc2cc3n(c12)CCCNC3=O.Cc1c2n(c3c(C)cc(Cl)cc13)CCCNC2=O. The summed E-state index contributed by atoms with van der Waals surface area (Å²) in [7, 11) is 0. The summed E-state index contributed by atoms with van der Waals surface area (Å²) in [5.41, 5.74) is 7.74. The minimum Gasteiger partial charge on any atom is -0.351 e. The molecule has 0 unspecified atom stereocenters. The summed E-state index contributed by atoms with van der Waals surface area (Å²) < 4.78 is 4.26. The van der Waals surface area contributed by atoms with E-state index in [1.54, 1.807) is 0 Å². The van der Waals surface area contributed by atoms with Gasteiger partial charge in [0.25, 0.3) is 11.8 Å². The van der Waals surface area contributed by atoms with Crippen molar-refractivity contribution in [3.63, 3.8) is 0 Å². The molecule has 39 heavy (non-hydrogen) atoms. The van der Waals surface area contributed by atoms with E-state index in [0.717, 1.165) is 89.1 Å². The number of amides is 2. The van der Waals surface area contributed by atoms with Crippen molar-refractivity contribution in [1.29, 1.82) is 5.26 Å². The van der Waals surface area contributed by atoms with Gasteiger partial charge < -0.3 is 19.8 Å². The van der Waals surface area contributed by atoms with Crippen LogP contribution in [-0.2, 0) is 19.5 Å². The lowest BCUT2D eigenvalue weighted by Crippen LogP contribution is -2.23. The first-order chi connectivity index (χ1) is 18.7. The highest BCUT2D eigenvalue weighted by atomic mass is 35.5. The van der Waals surface area contributed by atoms with Crippen LogP contribution in [0.4, 0.5) is 0 Å². The molecule has 0 fully saturated rings. The first-order valence-corrected chi connectivity index (χ1v) is 14.0. The van der Waals surface area contributed by atoms with Crippen LogP contribution in [0.1, 0.15) is 69.9 Å². The number of aryl methyl sites for hydroxylation is 4. The van der Waals surface area contributed by atoms with Crippen LogP contribution in [0.2, 0.25) is 5.02 Å². The van der Waals surface area contributed by atoms with Crippen molar-refractivity contribution in [2.24, 2.45) is 5.92 Å².